The van der Waals surface area contributed by atoms with Crippen LogP contribution in [0.5, 0.6) is 5.75 Å². The van der Waals surface area contributed by atoms with Gasteiger partial charge in [0.15, 0.2) is 0 Å². The number of carbonyl (C=O) groups excluding carboxylic acids is 1. The van der Waals surface area contributed by atoms with Crippen molar-refractivity contribution in [3.8, 4) is 5.75 Å². The molecule has 0 aliphatic carbocycles. The second-order valence-corrected chi connectivity index (χ2v) is 6.61. The van der Waals surface area contributed by atoms with Crippen LogP contribution in [-0.4, -0.2) is 45.0 Å². The number of rotatable bonds is 3. The number of nitrogens with zero attached hydrogens (tertiary/aromatic N) is 4. The van der Waals surface area contributed by atoms with Crippen LogP contribution in [0.25, 0.3) is 11.0 Å². The summed E-state index contributed by atoms with van der Waals surface area (Å²) >= 11 is 6.11. The molecule has 0 radical (unpaired) electrons. The molecule has 1 aromatic carbocycles. The minimum atomic E-state index is -0.0900. The molecule has 2 aromatic heterocycles. The van der Waals surface area contributed by atoms with Gasteiger partial charge in [0, 0.05) is 43.0 Å². The molecule has 3 aromatic rings. The smallest absolute Gasteiger partial charge is 0.254 e. The Morgan fingerprint density at radius 2 is 2.00 bits per heavy atom. The van der Waals surface area contributed by atoms with Crippen LogP contribution in [0.15, 0.2) is 49.1 Å². The first-order valence-electron chi connectivity index (χ1n) is 8.47. The number of ether oxygens (including phenoxy) is 1. The van der Waals surface area contributed by atoms with E-state index < -0.39 is 0 Å². The van der Waals surface area contributed by atoms with Gasteiger partial charge in [-0.05, 0) is 31.0 Å². The second kappa shape index (κ2) is 7.25. The zero-order valence-corrected chi connectivity index (χ0v) is 14.8. The molecule has 4 rings (SSSR count). The molecule has 0 bridgehead atoms. The molecule has 0 N–H and O–H groups in total. The first kappa shape index (κ1) is 16.7. The van der Waals surface area contributed by atoms with Gasteiger partial charge in [-0.2, -0.15) is 0 Å². The van der Waals surface area contributed by atoms with Crippen molar-refractivity contribution in [2.75, 3.05) is 13.1 Å². The zero-order chi connectivity index (χ0) is 17.9. The third-order valence-electron chi connectivity index (χ3n) is 4.41. The van der Waals surface area contributed by atoms with Crippen molar-refractivity contribution in [2.24, 2.45) is 0 Å². The molecular formula is C19H17ClN4O2. The Hall–Kier alpha value is -2.73. The van der Waals surface area contributed by atoms with E-state index in [4.69, 9.17) is 16.3 Å². The molecule has 1 fully saturated rings. The average Bonchev–Trinajstić information content (AvgIpc) is 2.69. The van der Waals surface area contributed by atoms with Crippen molar-refractivity contribution >= 4 is 28.5 Å². The highest BCUT2D eigenvalue weighted by atomic mass is 35.5. The number of amides is 1. The van der Waals surface area contributed by atoms with Gasteiger partial charge in [-0.15, -0.1) is 0 Å². The fraction of sp³-hybridized carbons (Fsp3) is 0.263. The van der Waals surface area contributed by atoms with Crippen molar-refractivity contribution in [1.29, 1.82) is 0 Å². The maximum Gasteiger partial charge on any atom is 0.254 e. The quantitative estimate of drug-likeness (QED) is 0.709. The summed E-state index contributed by atoms with van der Waals surface area (Å²) in [5.74, 6) is 0.577. The second-order valence-electron chi connectivity index (χ2n) is 6.20. The molecule has 6 nitrogen and oxygen atoms in total. The van der Waals surface area contributed by atoms with Crippen molar-refractivity contribution in [3.05, 3.63) is 59.6 Å². The lowest BCUT2D eigenvalue weighted by molar-refractivity contribution is 0.0538. The average molecular weight is 369 g/mol. The number of piperidine rings is 1. The van der Waals surface area contributed by atoms with E-state index in [1.807, 2.05) is 11.0 Å². The van der Waals surface area contributed by atoms with Gasteiger partial charge in [-0.1, -0.05) is 11.6 Å². The highest BCUT2D eigenvalue weighted by Gasteiger charge is 2.26. The van der Waals surface area contributed by atoms with Gasteiger partial charge < -0.3 is 9.64 Å². The van der Waals surface area contributed by atoms with Crippen molar-refractivity contribution < 1.29 is 9.53 Å². The summed E-state index contributed by atoms with van der Waals surface area (Å²) in [5, 5.41) is 0.476. The molecule has 3 heterocycles. The summed E-state index contributed by atoms with van der Waals surface area (Å²) in [6.07, 6.45) is 8.13. The monoisotopic (exact) mass is 368 g/mol. The third-order valence-corrected chi connectivity index (χ3v) is 4.69. The Kier molecular flexibility index (Phi) is 4.67. The SMILES string of the molecule is O=C(c1ccc2nccnc2c1)N1CCCC(Oc2ccncc2Cl)C1. The van der Waals surface area contributed by atoms with Gasteiger partial charge in [0.1, 0.15) is 16.9 Å². The molecular weight excluding hydrogens is 352 g/mol. The molecule has 7 heteroatoms. The Bertz CT molecular complexity index is 949. The third kappa shape index (κ3) is 3.46. The zero-order valence-electron chi connectivity index (χ0n) is 14.0. The molecule has 1 aliphatic heterocycles. The first-order valence-corrected chi connectivity index (χ1v) is 8.85. The fourth-order valence-electron chi connectivity index (χ4n) is 3.14. The number of hydrogen-bond acceptors (Lipinski definition) is 5. The number of hydrogen-bond donors (Lipinski definition) is 0. The minimum Gasteiger partial charge on any atom is -0.487 e. The Balaban J connectivity index is 1.49. The first-order chi connectivity index (χ1) is 12.7. The molecule has 1 saturated heterocycles. The van der Waals surface area contributed by atoms with Crippen LogP contribution in [-0.2, 0) is 0 Å². The number of aromatic nitrogens is 3. The summed E-state index contributed by atoms with van der Waals surface area (Å²) < 4.78 is 5.98. The van der Waals surface area contributed by atoms with Crippen LogP contribution in [0, 0.1) is 0 Å². The van der Waals surface area contributed by atoms with E-state index in [0.29, 0.717) is 34.9 Å². The van der Waals surface area contributed by atoms with Crippen LogP contribution in [0.2, 0.25) is 5.02 Å². The predicted molar refractivity (Wildman–Crippen MR) is 98.3 cm³/mol. The lowest BCUT2D eigenvalue weighted by atomic mass is 10.1. The standard InChI is InChI=1S/C19H17ClN4O2/c20-15-11-21-6-5-18(15)26-14-2-1-9-24(12-14)19(25)13-3-4-16-17(10-13)23-8-7-22-16/h3-8,10-11,14H,1-2,9,12H2. The van der Waals surface area contributed by atoms with Crippen molar-refractivity contribution in [2.45, 2.75) is 18.9 Å². The van der Waals surface area contributed by atoms with Crippen LogP contribution >= 0.6 is 11.6 Å². The van der Waals surface area contributed by atoms with Crippen LogP contribution in [0.1, 0.15) is 23.2 Å². The van der Waals surface area contributed by atoms with E-state index in [9.17, 15) is 4.79 Å². The highest BCUT2D eigenvalue weighted by Crippen LogP contribution is 2.26. The number of fused-ring (bicyclic) bond motifs is 1. The van der Waals surface area contributed by atoms with Gasteiger partial charge >= 0.3 is 0 Å². The van der Waals surface area contributed by atoms with Crippen LogP contribution < -0.4 is 4.74 Å². The summed E-state index contributed by atoms with van der Waals surface area (Å²) in [6.45, 7) is 1.23. The maximum absolute atomic E-state index is 12.9. The molecule has 0 saturated carbocycles. The fourth-order valence-corrected chi connectivity index (χ4v) is 3.30. The maximum atomic E-state index is 12.9. The number of likely N-dealkylation sites (tertiary alicyclic amines) is 1. The normalized spacial score (nSPS) is 17.3. The Morgan fingerprint density at radius 1 is 1.15 bits per heavy atom. The summed E-state index contributed by atoms with van der Waals surface area (Å²) in [7, 11) is 0. The number of carbonyl (C=O) groups is 1. The summed E-state index contributed by atoms with van der Waals surface area (Å²) in [5.41, 5.74) is 2.10. The summed E-state index contributed by atoms with van der Waals surface area (Å²) in [6, 6.07) is 7.15. The lowest BCUT2D eigenvalue weighted by Crippen LogP contribution is -2.44. The van der Waals surface area contributed by atoms with E-state index in [0.717, 1.165) is 18.4 Å². The van der Waals surface area contributed by atoms with Crippen LogP contribution in [0.4, 0.5) is 0 Å². The molecule has 26 heavy (non-hydrogen) atoms. The number of halogens is 1. The van der Waals surface area contributed by atoms with Gasteiger partial charge in [-0.3, -0.25) is 19.7 Å². The van der Waals surface area contributed by atoms with Gasteiger partial charge in [0.05, 0.1) is 17.6 Å². The predicted octanol–water partition coefficient (Wildman–Crippen LogP) is 3.36. The molecule has 1 amide bonds. The molecule has 1 aliphatic rings. The summed E-state index contributed by atoms with van der Waals surface area (Å²) in [4.78, 5) is 27.2. The van der Waals surface area contributed by atoms with Crippen molar-refractivity contribution in [3.63, 3.8) is 0 Å². The van der Waals surface area contributed by atoms with Gasteiger partial charge in [0.25, 0.3) is 5.91 Å². The highest BCUT2D eigenvalue weighted by molar-refractivity contribution is 6.31. The van der Waals surface area contributed by atoms with E-state index in [-0.39, 0.29) is 12.0 Å². The largest absolute Gasteiger partial charge is 0.487 e. The van der Waals surface area contributed by atoms with E-state index in [1.54, 1.807) is 43.0 Å². The molecule has 1 unspecified atom stereocenters. The number of pyridine rings is 1. The van der Waals surface area contributed by atoms with E-state index in [2.05, 4.69) is 15.0 Å². The van der Waals surface area contributed by atoms with Gasteiger partial charge in [-0.25, -0.2) is 0 Å². The molecule has 0 spiro atoms. The molecule has 1 atom stereocenters. The Morgan fingerprint density at radius 3 is 2.85 bits per heavy atom. The van der Waals surface area contributed by atoms with E-state index >= 15 is 0 Å². The van der Waals surface area contributed by atoms with Crippen molar-refractivity contribution in [1.82, 2.24) is 19.9 Å². The number of benzene rings is 1. The molecule has 132 valence electrons. The topological polar surface area (TPSA) is 68.2 Å². The van der Waals surface area contributed by atoms with Crippen LogP contribution in [0.3, 0.4) is 0 Å². The minimum absolute atomic E-state index is 0.0216. The lowest BCUT2D eigenvalue weighted by Gasteiger charge is -2.33. The van der Waals surface area contributed by atoms with Gasteiger partial charge in [0.2, 0.25) is 0 Å². The van der Waals surface area contributed by atoms with E-state index in [1.165, 1.54) is 0 Å². The Labute approximate surface area is 155 Å².